The highest BCUT2D eigenvalue weighted by atomic mass is 32.1. The summed E-state index contributed by atoms with van der Waals surface area (Å²) >= 11 is 1.91. The quantitative estimate of drug-likeness (QED) is 0.185. The summed E-state index contributed by atoms with van der Waals surface area (Å²) in [7, 11) is 0. The van der Waals surface area contributed by atoms with Gasteiger partial charge < -0.3 is 4.90 Å². The van der Waals surface area contributed by atoms with Crippen molar-refractivity contribution in [1.82, 2.24) is 0 Å². The number of fused-ring (bicyclic) bond motifs is 6. The molecular formula is C45H33NS. The van der Waals surface area contributed by atoms with Crippen molar-refractivity contribution in [2.24, 2.45) is 0 Å². The average molecular weight is 620 g/mol. The molecule has 0 saturated heterocycles. The van der Waals surface area contributed by atoms with Gasteiger partial charge in [0.2, 0.25) is 0 Å². The maximum absolute atomic E-state index is 2.47. The Kier molecular flexibility index (Phi) is 6.41. The van der Waals surface area contributed by atoms with Crippen molar-refractivity contribution in [2.75, 3.05) is 4.90 Å². The monoisotopic (exact) mass is 619 g/mol. The third-order valence-corrected chi connectivity index (χ3v) is 11.1. The standard InChI is InChI=1S/C45H33NS/c1-45(2)40-18-10-9-16-36(40)38-28-39-37-17-11-19-42(44(37)47-43(39)29-41(38)45)46(34-24-20-32(21-25-34)30-12-5-3-6-13-30)35-26-22-33(23-27-35)31-14-7-4-8-15-31/h3-29H,1-2H3. The molecule has 2 heteroatoms. The van der Waals surface area contributed by atoms with Crippen LogP contribution in [0.25, 0.3) is 53.6 Å². The first kappa shape index (κ1) is 27.8. The highest BCUT2D eigenvalue weighted by Gasteiger charge is 2.35. The fourth-order valence-electron chi connectivity index (χ4n) is 7.45. The van der Waals surface area contributed by atoms with Gasteiger partial charge in [0, 0.05) is 32.3 Å². The lowest BCUT2D eigenvalue weighted by atomic mass is 9.82. The van der Waals surface area contributed by atoms with Crippen molar-refractivity contribution in [3.8, 4) is 33.4 Å². The molecule has 8 aromatic rings. The van der Waals surface area contributed by atoms with E-state index in [1.807, 2.05) is 11.3 Å². The molecule has 7 aromatic carbocycles. The molecule has 1 nitrogen and oxygen atoms in total. The number of hydrogen-bond donors (Lipinski definition) is 0. The molecule has 0 unspecified atom stereocenters. The summed E-state index contributed by atoms with van der Waals surface area (Å²) in [4.78, 5) is 2.42. The van der Waals surface area contributed by atoms with Gasteiger partial charge in [-0.15, -0.1) is 11.3 Å². The summed E-state index contributed by atoms with van der Waals surface area (Å²) in [6.07, 6.45) is 0. The van der Waals surface area contributed by atoms with Crippen LogP contribution in [0.5, 0.6) is 0 Å². The third-order valence-electron chi connectivity index (χ3n) is 9.89. The van der Waals surface area contributed by atoms with Crippen molar-refractivity contribution >= 4 is 48.6 Å². The molecule has 224 valence electrons. The second kappa shape index (κ2) is 10.8. The Morgan fingerprint density at radius 2 is 1.00 bits per heavy atom. The molecule has 0 N–H and O–H groups in total. The fourth-order valence-corrected chi connectivity index (χ4v) is 8.67. The van der Waals surface area contributed by atoms with Crippen LogP contribution in [-0.4, -0.2) is 0 Å². The maximum Gasteiger partial charge on any atom is 0.0640 e. The Morgan fingerprint density at radius 1 is 0.447 bits per heavy atom. The molecule has 1 aromatic heterocycles. The summed E-state index contributed by atoms with van der Waals surface area (Å²) in [5, 5.41) is 2.64. The minimum Gasteiger partial charge on any atom is -0.309 e. The second-order valence-electron chi connectivity index (χ2n) is 13.0. The molecule has 9 rings (SSSR count). The van der Waals surface area contributed by atoms with Crippen LogP contribution < -0.4 is 4.90 Å². The maximum atomic E-state index is 2.47. The van der Waals surface area contributed by atoms with Crippen molar-refractivity contribution in [3.63, 3.8) is 0 Å². The number of rotatable bonds is 5. The Morgan fingerprint density at radius 3 is 1.62 bits per heavy atom. The van der Waals surface area contributed by atoms with Crippen LogP contribution in [0.1, 0.15) is 25.0 Å². The SMILES string of the molecule is CC1(C)c2ccccc2-c2cc3c(cc21)sc1c(N(c2ccc(-c4ccccc4)cc2)c2ccc(-c4ccccc4)cc2)cccc13. The number of benzene rings is 7. The molecule has 1 aliphatic rings. The smallest absolute Gasteiger partial charge is 0.0640 e. The molecule has 1 aliphatic carbocycles. The van der Waals surface area contributed by atoms with Crippen LogP contribution in [0.4, 0.5) is 17.1 Å². The predicted octanol–water partition coefficient (Wildman–Crippen LogP) is 13.2. The number of hydrogen-bond acceptors (Lipinski definition) is 2. The third kappa shape index (κ3) is 4.52. The normalized spacial score (nSPS) is 13.1. The lowest BCUT2D eigenvalue weighted by molar-refractivity contribution is 0.661. The van der Waals surface area contributed by atoms with Gasteiger partial charge in [-0.25, -0.2) is 0 Å². The minimum absolute atomic E-state index is 0.0217. The molecule has 0 aliphatic heterocycles. The molecule has 0 bridgehead atoms. The van der Waals surface area contributed by atoms with E-state index in [0.29, 0.717) is 0 Å². The number of thiophene rings is 1. The Labute approximate surface area is 280 Å². The van der Waals surface area contributed by atoms with Crippen LogP contribution >= 0.6 is 11.3 Å². The van der Waals surface area contributed by atoms with Gasteiger partial charge in [0.25, 0.3) is 0 Å². The lowest BCUT2D eigenvalue weighted by Gasteiger charge is -2.26. The molecule has 0 atom stereocenters. The summed E-state index contributed by atoms with van der Waals surface area (Å²) in [6, 6.07) is 59.8. The highest BCUT2D eigenvalue weighted by Crippen LogP contribution is 2.52. The van der Waals surface area contributed by atoms with Gasteiger partial charge in [-0.1, -0.05) is 135 Å². The van der Waals surface area contributed by atoms with Crippen LogP contribution in [0.3, 0.4) is 0 Å². The summed E-state index contributed by atoms with van der Waals surface area (Å²) in [5.41, 5.74) is 13.9. The van der Waals surface area contributed by atoms with Crippen molar-refractivity contribution < 1.29 is 0 Å². The first-order chi connectivity index (χ1) is 23.1. The van der Waals surface area contributed by atoms with E-state index in [4.69, 9.17) is 0 Å². The second-order valence-corrected chi connectivity index (χ2v) is 14.0. The van der Waals surface area contributed by atoms with Crippen LogP contribution in [0, 0.1) is 0 Å². The molecule has 0 radical (unpaired) electrons. The summed E-state index contributed by atoms with van der Waals surface area (Å²) in [5.74, 6) is 0. The number of nitrogens with zero attached hydrogens (tertiary/aromatic N) is 1. The summed E-state index contributed by atoms with van der Waals surface area (Å²) < 4.78 is 2.64. The minimum atomic E-state index is -0.0217. The van der Waals surface area contributed by atoms with Gasteiger partial charge in [0.1, 0.15) is 0 Å². The van der Waals surface area contributed by atoms with Crippen LogP contribution in [0.15, 0.2) is 164 Å². The van der Waals surface area contributed by atoms with E-state index in [1.54, 1.807) is 0 Å². The van der Waals surface area contributed by atoms with E-state index in [0.717, 1.165) is 11.4 Å². The van der Waals surface area contributed by atoms with Crippen molar-refractivity contribution in [1.29, 1.82) is 0 Å². The van der Waals surface area contributed by atoms with Crippen molar-refractivity contribution in [3.05, 3.63) is 175 Å². The van der Waals surface area contributed by atoms with E-state index < -0.39 is 0 Å². The molecule has 0 fully saturated rings. The zero-order chi connectivity index (χ0) is 31.5. The van der Waals surface area contributed by atoms with Gasteiger partial charge in [0.15, 0.2) is 0 Å². The zero-order valence-electron chi connectivity index (χ0n) is 26.4. The zero-order valence-corrected chi connectivity index (χ0v) is 27.3. The summed E-state index contributed by atoms with van der Waals surface area (Å²) in [6.45, 7) is 4.73. The lowest BCUT2D eigenvalue weighted by Crippen LogP contribution is -2.14. The fraction of sp³-hybridized carbons (Fsp3) is 0.0667. The van der Waals surface area contributed by atoms with E-state index >= 15 is 0 Å². The van der Waals surface area contributed by atoms with Gasteiger partial charge in [0.05, 0.1) is 10.4 Å². The van der Waals surface area contributed by atoms with E-state index in [2.05, 4.69) is 183 Å². The Bertz CT molecular complexity index is 2320. The first-order valence-corrected chi connectivity index (χ1v) is 17.1. The van der Waals surface area contributed by atoms with Gasteiger partial charge in [-0.3, -0.25) is 0 Å². The van der Waals surface area contributed by atoms with Crippen molar-refractivity contribution in [2.45, 2.75) is 19.3 Å². The molecule has 0 saturated carbocycles. The molecule has 0 spiro atoms. The molecule has 1 heterocycles. The predicted molar refractivity (Wildman–Crippen MR) is 202 cm³/mol. The molecule has 0 amide bonds. The number of anilines is 3. The van der Waals surface area contributed by atoms with Gasteiger partial charge in [-0.05, 0) is 87.0 Å². The van der Waals surface area contributed by atoms with Gasteiger partial charge >= 0.3 is 0 Å². The molecular weight excluding hydrogens is 587 g/mol. The average Bonchev–Trinajstić information content (AvgIpc) is 3.61. The largest absolute Gasteiger partial charge is 0.309 e. The van der Waals surface area contributed by atoms with Gasteiger partial charge in [-0.2, -0.15) is 0 Å². The van der Waals surface area contributed by atoms with E-state index in [-0.39, 0.29) is 5.41 Å². The Balaban J connectivity index is 1.22. The first-order valence-electron chi connectivity index (χ1n) is 16.3. The van der Waals surface area contributed by atoms with Crippen LogP contribution in [-0.2, 0) is 5.41 Å². The van der Waals surface area contributed by atoms with E-state index in [9.17, 15) is 0 Å². The van der Waals surface area contributed by atoms with E-state index in [1.165, 1.54) is 70.4 Å². The topological polar surface area (TPSA) is 3.24 Å². The van der Waals surface area contributed by atoms with Crippen LogP contribution in [0.2, 0.25) is 0 Å². The Hall–Kier alpha value is -5.44. The highest BCUT2D eigenvalue weighted by molar-refractivity contribution is 7.26. The molecule has 47 heavy (non-hydrogen) atoms.